The standard InChI is InChI=1S/C20H25NO2/c1-2-10-20(11-3-1)23-17-19-8-5-4-7-18(19)9-6-12-21-13-15-22-16-14-21/h1-5,7-8,10-11H,6,9,12-17H2/p+1. The molecule has 0 unspecified atom stereocenters. The number of rotatable bonds is 7. The third kappa shape index (κ3) is 5.08. The second kappa shape index (κ2) is 8.70. The van der Waals surface area contributed by atoms with E-state index in [2.05, 4.69) is 24.3 Å². The summed E-state index contributed by atoms with van der Waals surface area (Å²) in [5.41, 5.74) is 2.71. The molecule has 122 valence electrons. The van der Waals surface area contributed by atoms with Crippen molar-refractivity contribution in [3.8, 4) is 5.75 Å². The van der Waals surface area contributed by atoms with Crippen molar-refractivity contribution < 1.29 is 14.4 Å². The zero-order valence-corrected chi connectivity index (χ0v) is 13.7. The number of benzene rings is 2. The molecule has 3 heteroatoms. The van der Waals surface area contributed by atoms with Crippen LogP contribution in [-0.2, 0) is 17.8 Å². The van der Waals surface area contributed by atoms with Gasteiger partial charge in [-0.3, -0.25) is 0 Å². The predicted molar refractivity (Wildman–Crippen MR) is 91.9 cm³/mol. The van der Waals surface area contributed by atoms with Crippen LogP contribution in [0.15, 0.2) is 54.6 Å². The molecule has 0 saturated carbocycles. The van der Waals surface area contributed by atoms with Gasteiger partial charge in [0.05, 0.1) is 19.8 Å². The fourth-order valence-corrected chi connectivity index (χ4v) is 3.06. The number of hydrogen-bond acceptors (Lipinski definition) is 2. The predicted octanol–water partition coefficient (Wildman–Crippen LogP) is 2.11. The molecule has 23 heavy (non-hydrogen) atoms. The number of para-hydroxylation sites is 1. The molecule has 0 radical (unpaired) electrons. The fraction of sp³-hybridized carbons (Fsp3) is 0.400. The molecule has 1 heterocycles. The first-order chi connectivity index (χ1) is 11.4. The highest BCUT2D eigenvalue weighted by molar-refractivity contribution is 5.28. The van der Waals surface area contributed by atoms with Gasteiger partial charge in [-0.05, 0) is 29.7 Å². The van der Waals surface area contributed by atoms with Gasteiger partial charge >= 0.3 is 0 Å². The molecule has 0 bridgehead atoms. The highest BCUT2D eigenvalue weighted by Gasteiger charge is 2.13. The van der Waals surface area contributed by atoms with Crippen LogP contribution in [-0.4, -0.2) is 32.8 Å². The summed E-state index contributed by atoms with van der Waals surface area (Å²) in [5, 5.41) is 0. The quantitative estimate of drug-likeness (QED) is 0.846. The maximum absolute atomic E-state index is 5.91. The number of ether oxygens (including phenoxy) is 2. The molecular weight excluding hydrogens is 286 g/mol. The summed E-state index contributed by atoms with van der Waals surface area (Å²) in [7, 11) is 0. The molecule has 0 aliphatic carbocycles. The van der Waals surface area contributed by atoms with E-state index in [9.17, 15) is 0 Å². The van der Waals surface area contributed by atoms with Crippen molar-refractivity contribution in [2.24, 2.45) is 0 Å². The van der Waals surface area contributed by atoms with Crippen LogP contribution < -0.4 is 9.64 Å². The van der Waals surface area contributed by atoms with Gasteiger partial charge in [0.1, 0.15) is 25.4 Å². The van der Waals surface area contributed by atoms with E-state index in [1.807, 2.05) is 30.3 Å². The molecule has 1 saturated heterocycles. The van der Waals surface area contributed by atoms with Crippen LogP contribution in [0.3, 0.4) is 0 Å². The van der Waals surface area contributed by atoms with Crippen LogP contribution in [0.1, 0.15) is 17.5 Å². The van der Waals surface area contributed by atoms with Crippen molar-refractivity contribution in [3.05, 3.63) is 65.7 Å². The summed E-state index contributed by atoms with van der Waals surface area (Å²) < 4.78 is 11.3. The lowest BCUT2D eigenvalue weighted by Crippen LogP contribution is -3.14. The molecule has 3 nitrogen and oxygen atoms in total. The van der Waals surface area contributed by atoms with Gasteiger partial charge in [0.2, 0.25) is 0 Å². The monoisotopic (exact) mass is 312 g/mol. The topological polar surface area (TPSA) is 22.9 Å². The smallest absolute Gasteiger partial charge is 0.119 e. The molecule has 2 aromatic rings. The van der Waals surface area contributed by atoms with Gasteiger partial charge in [0.25, 0.3) is 0 Å². The molecule has 0 spiro atoms. The van der Waals surface area contributed by atoms with E-state index in [0.717, 1.165) is 38.5 Å². The first-order valence-electron chi connectivity index (χ1n) is 8.58. The van der Waals surface area contributed by atoms with Crippen molar-refractivity contribution in [2.45, 2.75) is 19.4 Å². The molecule has 1 N–H and O–H groups in total. The minimum absolute atomic E-state index is 0.643. The lowest BCUT2D eigenvalue weighted by atomic mass is 10.0. The molecule has 0 atom stereocenters. The van der Waals surface area contributed by atoms with E-state index in [-0.39, 0.29) is 0 Å². The summed E-state index contributed by atoms with van der Waals surface area (Å²) >= 11 is 0. The maximum Gasteiger partial charge on any atom is 0.119 e. The Balaban J connectivity index is 1.50. The molecule has 1 aliphatic heterocycles. The Morgan fingerprint density at radius 1 is 0.870 bits per heavy atom. The van der Waals surface area contributed by atoms with Crippen molar-refractivity contribution in [1.82, 2.24) is 0 Å². The number of quaternary nitrogens is 1. The number of hydrogen-bond donors (Lipinski definition) is 1. The van der Waals surface area contributed by atoms with Gasteiger partial charge in [0.15, 0.2) is 0 Å². The van der Waals surface area contributed by atoms with Gasteiger partial charge < -0.3 is 14.4 Å². The third-order valence-electron chi connectivity index (χ3n) is 4.43. The van der Waals surface area contributed by atoms with Gasteiger partial charge in [-0.2, -0.15) is 0 Å². The lowest BCUT2D eigenvalue weighted by Gasteiger charge is -2.23. The average Bonchev–Trinajstić information content (AvgIpc) is 2.63. The summed E-state index contributed by atoms with van der Waals surface area (Å²) in [4.78, 5) is 1.68. The van der Waals surface area contributed by atoms with Gasteiger partial charge in [-0.15, -0.1) is 0 Å². The fourth-order valence-electron chi connectivity index (χ4n) is 3.06. The number of morpholine rings is 1. The minimum atomic E-state index is 0.643. The van der Waals surface area contributed by atoms with Crippen LogP contribution in [0.25, 0.3) is 0 Å². The summed E-state index contributed by atoms with van der Waals surface area (Å²) in [6, 6.07) is 18.7. The van der Waals surface area contributed by atoms with Crippen LogP contribution >= 0.6 is 0 Å². The first kappa shape index (κ1) is 16.0. The van der Waals surface area contributed by atoms with Crippen molar-refractivity contribution in [1.29, 1.82) is 0 Å². The minimum Gasteiger partial charge on any atom is -0.489 e. The summed E-state index contributed by atoms with van der Waals surface area (Å²) in [6.45, 7) is 6.01. The number of aryl methyl sites for hydroxylation is 1. The third-order valence-corrected chi connectivity index (χ3v) is 4.43. The van der Waals surface area contributed by atoms with Crippen molar-refractivity contribution in [2.75, 3.05) is 32.8 Å². The zero-order valence-electron chi connectivity index (χ0n) is 13.7. The molecule has 0 amide bonds. The second-order valence-corrected chi connectivity index (χ2v) is 6.09. The maximum atomic E-state index is 5.91. The van der Waals surface area contributed by atoms with E-state index in [1.165, 1.54) is 24.1 Å². The molecule has 0 aromatic heterocycles. The van der Waals surface area contributed by atoms with Crippen LogP contribution in [0.4, 0.5) is 0 Å². The average molecular weight is 312 g/mol. The van der Waals surface area contributed by atoms with E-state index in [1.54, 1.807) is 4.90 Å². The van der Waals surface area contributed by atoms with Crippen LogP contribution in [0, 0.1) is 0 Å². The molecule has 3 rings (SSSR count). The Hall–Kier alpha value is -1.84. The highest BCUT2D eigenvalue weighted by Crippen LogP contribution is 2.15. The van der Waals surface area contributed by atoms with Gasteiger partial charge in [-0.25, -0.2) is 0 Å². The zero-order chi connectivity index (χ0) is 15.7. The lowest BCUT2D eigenvalue weighted by molar-refractivity contribution is -0.908. The molecule has 1 aliphatic rings. The van der Waals surface area contributed by atoms with Crippen molar-refractivity contribution >= 4 is 0 Å². The Labute approximate surface area is 138 Å². The Bertz CT molecular complexity index is 579. The Kier molecular flexibility index (Phi) is 6.07. The molecule has 1 fully saturated rings. The van der Waals surface area contributed by atoms with E-state index >= 15 is 0 Å². The normalized spacial score (nSPS) is 15.5. The second-order valence-electron chi connectivity index (χ2n) is 6.09. The van der Waals surface area contributed by atoms with E-state index in [4.69, 9.17) is 9.47 Å². The molecule has 2 aromatic carbocycles. The molecular formula is C20H26NO2+. The summed E-state index contributed by atoms with van der Waals surface area (Å²) in [6.07, 6.45) is 2.34. The largest absolute Gasteiger partial charge is 0.489 e. The Morgan fingerprint density at radius 2 is 1.57 bits per heavy atom. The first-order valence-corrected chi connectivity index (χ1v) is 8.58. The van der Waals surface area contributed by atoms with Crippen LogP contribution in [0.5, 0.6) is 5.75 Å². The van der Waals surface area contributed by atoms with E-state index in [0.29, 0.717) is 6.61 Å². The van der Waals surface area contributed by atoms with E-state index < -0.39 is 0 Å². The SMILES string of the molecule is c1ccc(OCc2ccccc2CCC[NH+]2CCOCC2)cc1. The Morgan fingerprint density at radius 3 is 2.35 bits per heavy atom. The summed E-state index contributed by atoms with van der Waals surface area (Å²) in [5.74, 6) is 0.931. The van der Waals surface area contributed by atoms with Gasteiger partial charge in [0, 0.05) is 6.42 Å². The number of nitrogens with one attached hydrogen (secondary N) is 1. The van der Waals surface area contributed by atoms with Crippen molar-refractivity contribution in [3.63, 3.8) is 0 Å². The van der Waals surface area contributed by atoms with Gasteiger partial charge in [-0.1, -0.05) is 42.5 Å². The van der Waals surface area contributed by atoms with Crippen LogP contribution in [0.2, 0.25) is 0 Å². The highest BCUT2D eigenvalue weighted by atomic mass is 16.5.